The SMILES string of the molecule is O=C(O)C(CO)CCS.O=S. The standard InChI is InChI=1S/C5H10O3S.OS/c6-3-4(1-2-9)5(7)8;1-2/h4,6,9H,1-3H2,(H,7,8);. The summed E-state index contributed by atoms with van der Waals surface area (Å²) in [6, 6.07) is 0. The zero-order valence-corrected chi connectivity index (χ0v) is 7.48. The molecule has 0 rings (SSSR count). The van der Waals surface area contributed by atoms with Crippen molar-refractivity contribution in [2.75, 3.05) is 12.4 Å². The molecule has 0 spiro atoms. The molecule has 11 heavy (non-hydrogen) atoms. The summed E-state index contributed by atoms with van der Waals surface area (Å²) >= 11 is 6.67. The quantitative estimate of drug-likeness (QED) is 0.539. The summed E-state index contributed by atoms with van der Waals surface area (Å²) in [6.07, 6.45) is 0.426. The fourth-order valence-corrected chi connectivity index (χ4v) is 0.760. The lowest BCUT2D eigenvalue weighted by Crippen LogP contribution is -2.17. The highest BCUT2D eigenvalue weighted by Crippen LogP contribution is 2.02. The molecule has 0 radical (unpaired) electrons. The Balaban J connectivity index is 0. The van der Waals surface area contributed by atoms with E-state index in [1.54, 1.807) is 0 Å². The van der Waals surface area contributed by atoms with Crippen LogP contribution in [0.4, 0.5) is 0 Å². The van der Waals surface area contributed by atoms with E-state index in [-0.39, 0.29) is 6.61 Å². The molecule has 0 aliphatic rings. The van der Waals surface area contributed by atoms with Gasteiger partial charge in [-0.15, -0.1) is 0 Å². The van der Waals surface area contributed by atoms with E-state index < -0.39 is 11.9 Å². The minimum absolute atomic E-state index is 0.296. The molecule has 0 saturated heterocycles. The third-order valence-corrected chi connectivity index (χ3v) is 1.31. The van der Waals surface area contributed by atoms with E-state index in [1.807, 2.05) is 0 Å². The molecular formula is C5H10O4S2. The average Bonchev–Trinajstić information content (AvgIpc) is 2.03. The molecule has 0 aromatic carbocycles. The number of carboxylic acid groups (broad SMARTS) is 1. The number of hydrogen-bond acceptors (Lipinski definition) is 5. The van der Waals surface area contributed by atoms with Crippen LogP contribution in [0.25, 0.3) is 0 Å². The number of rotatable bonds is 4. The number of aliphatic hydroxyl groups is 1. The zero-order chi connectivity index (χ0) is 9.28. The highest BCUT2D eigenvalue weighted by atomic mass is 32.1. The summed E-state index contributed by atoms with van der Waals surface area (Å²) in [4.78, 5) is 10.1. The van der Waals surface area contributed by atoms with Gasteiger partial charge in [0.25, 0.3) is 0 Å². The summed E-state index contributed by atoms with van der Waals surface area (Å²) in [5.74, 6) is -1.09. The molecule has 1 atom stereocenters. The highest BCUT2D eigenvalue weighted by Gasteiger charge is 2.13. The molecule has 0 fully saturated rings. The van der Waals surface area contributed by atoms with Gasteiger partial charge in [-0.3, -0.25) is 4.79 Å². The number of carboxylic acids is 1. The van der Waals surface area contributed by atoms with Gasteiger partial charge in [0.05, 0.1) is 12.5 Å². The number of carbonyl (C=O) groups is 1. The van der Waals surface area contributed by atoms with E-state index in [2.05, 4.69) is 25.2 Å². The molecule has 0 amide bonds. The molecule has 0 heterocycles. The average molecular weight is 198 g/mol. The first-order valence-corrected chi connectivity index (χ1v) is 3.80. The fourth-order valence-electron chi connectivity index (χ4n) is 0.449. The first-order valence-electron chi connectivity index (χ1n) is 2.83. The van der Waals surface area contributed by atoms with Crippen LogP contribution in [-0.4, -0.2) is 32.8 Å². The first-order chi connectivity index (χ1) is 5.22. The van der Waals surface area contributed by atoms with Crippen LogP contribution in [0, 0.1) is 5.92 Å². The van der Waals surface area contributed by atoms with E-state index in [1.165, 1.54) is 0 Å². The highest BCUT2D eigenvalue weighted by molar-refractivity contribution is 7.80. The summed E-state index contributed by atoms with van der Waals surface area (Å²) < 4.78 is 7.83. The maximum Gasteiger partial charge on any atom is 0.308 e. The van der Waals surface area contributed by atoms with Gasteiger partial charge in [0.15, 0.2) is 12.5 Å². The second-order valence-electron chi connectivity index (χ2n) is 1.73. The fraction of sp³-hybridized carbons (Fsp3) is 0.800. The van der Waals surface area contributed by atoms with Crippen LogP contribution in [0.2, 0.25) is 0 Å². The molecular weight excluding hydrogens is 188 g/mol. The summed E-state index contributed by atoms with van der Waals surface area (Å²) in [7, 11) is 0. The minimum Gasteiger partial charge on any atom is -0.481 e. The maximum atomic E-state index is 10.1. The van der Waals surface area contributed by atoms with Crippen molar-refractivity contribution in [3.63, 3.8) is 0 Å². The minimum atomic E-state index is -0.952. The summed E-state index contributed by atoms with van der Waals surface area (Å²) in [5.41, 5.74) is 0. The predicted octanol–water partition coefficient (Wildman–Crippen LogP) is -0.337. The number of aliphatic hydroxyl groups excluding tert-OH is 1. The van der Waals surface area contributed by atoms with Gasteiger partial charge in [-0.1, -0.05) is 0 Å². The molecule has 1 unspecified atom stereocenters. The number of aliphatic carboxylic acids is 1. The van der Waals surface area contributed by atoms with E-state index in [4.69, 9.17) is 14.4 Å². The van der Waals surface area contributed by atoms with Gasteiger partial charge in [0.1, 0.15) is 0 Å². The lowest BCUT2D eigenvalue weighted by atomic mass is 10.1. The molecule has 0 aliphatic heterocycles. The van der Waals surface area contributed by atoms with Crippen LogP contribution in [-0.2, 0) is 17.3 Å². The van der Waals surface area contributed by atoms with Crippen molar-refractivity contribution in [2.24, 2.45) is 5.92 Å². The normalized spacial score (nSPS) is 11.1. The van der Waals surface area contributed by atoms with Gasteiger partial charge < -0.3 is 10.2 Å². The van der Waals surface area contributed by atoms with Crippen molar-refractivity contribution < 1.29 is 19.2 Å². The first kappa shape index (κ1) is 13.4. The van der Waals surface area contributed by atoms with Gasteiger partial charge >= 0.3 is 5.97 Å². The molecule has 66 valence electrons. The largest absolute Gasteiger partial charge is 0.481 e. The van der Waals surface area contributed by atoms with Crippen LogP contribution in [0.15, 0.2) is 0 Å². The van der Waals surface area contributed by atoms with Crippen molar-refractivity contribution in [1.29, 1.82) is 0 Å². The van der Waals surface area contributed by atoms with Crippen molar-refractivity contribution >= 4 is 31.1 Å². The number of hydrogen-bond donors (Lipinski definition) is 3. The Bertz CT molecular complexity index is 109. The van der Waals surface area contributed by atoms with Crippen LogP contribution in [0.1, 0.15) is 6.42 Å². The Morgan fingerprint density at radius 2 is 2.00 bits per heavy atom. The smallest absolute Gasteiger partial charge is 0.308 e. The summed E-state index contributed by atoms with van der Waals surface area (Å²) in [5, 5.41) is 16.7. The summed E-state index contributed by atoms with van der Waals surface area (Å²) in [6.45, 7) is -0.296. The third-order valence-electron chi connectivity index (χ3n) is 1.05. The van der Waals surface area contributed by atoms with Crippen LogP contribution in [0.5, 0.6) is 0 Å². The van der Waals surface area contributed by atoms with Gasteiger partial charge in [-0.2, -0.15) is 16.8 Å². The zero-order valence-electron chi connectivity index (χ0n) is 5.77. The van der Waals surface area contributed by atoms with Crippen LogP contribution < -0.4 is 0 Å². The van der Waals surface area contributed by atoms with Gasteiger partial charge in [0.2, 0.25) is 0 Å². The third kappa shape index (κ3) is 7.70. The Morgan fingerprint density at radius 3 is 2.09 bits per heavy atom. The lowest BCUT2D eigenvalue weighted by molar-refractivity contribution is -0.143. The Morgan fingerprint density at radius 1 is 1.55 bits per heavy atom. The van der Waals surface area contributed by atoms with Crippen LogP contribution in [0.3, 0.4) is 0 Å². The second kappa shape index (κ2) is 9.80. The molecule has 0 aliphatic carbocycles. The van der Waals surface area contributed by atoms with Crippen molar-refractivity contribution in [3.05, 3.63) is 0 Å². The van der Waals surface area contributed by atoms with Gasteiger partial charge in [-0.25, -0.2) is 0 Å². The number of thiol groups is 1. The molecule has 0 bridgehead atoms. The van der Waals surface area contributed by atoms with Crippen LogP contribution >= 0.6 is 12.6 Å². The Labute approximate surface area is 75.5 Å². The van der Waals surface area contributed by atoms with E-state index in [9.17, 15) is 4.79 Å². The molecule has 2 N–H and O–H groups in total. The van der Waals surface area contributed by atoms with Crippen molar-refractivity contribution in [3.8, 4) is 0 Å². The molecule has 0 aromatic rings. The van der Waals surface area contributed by atoms with Crippen molar-refractivity contribution in [1.82, 2.24) is 0 Å². The molecule has 0 saturated carbocycles. The van der Waals surface area contributed by atoms with Crippen molar-refractivity contribution in [2.45, 2.75) is 6.42 Å². The molecule has 4 nitrogen and oxygen atoms in total. The predicted molar refractivity (Wildman–Crippen MR) is 44.8 cm³/mol. The van der Waals surface area contributed by atoms with E-state index in [0.29, 0.717) is 12.2 Å². The second-order valence-corrected chi connectivity index (χ2v) is 2.18. The molecule has 0 aromatic heterocycles. The van der Waals surface area contributed by atoms with Gasteiger partial charge in [0, 0.05) is 0 Å². The Kier molecular flexibility index (Phi) is 11.9. The Hall–Kier alpha value is -0.200. The topological polar surface area (TPSA) is 74.6 Å². The monoisotopic (exact) mass is 198 g/mol. The molecule has 6 heteroatoms. The lowest BCUT2D eigenvalue weighted by Gasteiger charge is -2.04. The van der Waals surface area contributed by atoms with E-state index >= 15 is 0 Å². The van der Waals surface area contributed by atoms with E-state index in [0.717, 1.165) is 0 Å². The maximum absolute atomic E-state index is 10.1. The van der Waals surface area contributed by atoms with Gasteiger partial charge in [-0.05, 0) is 12.2 Å².